The third-order valence-electron chi connectivity index (χ3n) is 7.41. The molecule has 0 saturated heterocycles. The lowest BCUT2D eigenvalue weighted by Gasteiger charge is -2.32. The number of para-hydroxylation sites is 2. The van der Waals surface area contributed by atoms with Gasteiger partial charge in [-0.05, 0) is 72.4 Å². The molecule has 1 aliphatic carbocycles. The highest BCUT2D eigenvalue weighted by molar-refractivity contribution is 6.30. The van der Waals surface area contributed by atoms with Gasteiger partial charge in [-0.15, -0.1) is 0 Å². The first-order valence-corrected chi connectivity index (χ1v) is 13.0. The van der Waals surface area contributed by atoms with Gasteiger partial charge >= 0.3 is 5.97 Å². The molecule has 6 rings (SSSR count). The maximum absolute atomic E-state index is 13.0. The molecule has 0 radical (unpaired) electrons. The van der Waals surface area contributed by atoms with Gasteiger partial charge in [0.15, 0.2) is 0 Å². The molecule has 0 bridgehead atoms. The number of hydrogen-bond acceptors (Lipinski definition) is 3. The normalized spacial score (nSPS) is 15.8. The SMILES string of the molecule is O=C(CCC1(CCc2ccccc2)c2cc(Cl)ccc2-c2nc3ccccc3cc21)Oc1ccccc1. The Morgan fingerprint density at radius 1 is 0.784 bits per heavy atom. The van der Waals surface area contributed by atoms with E-state index < -0.39 is 5.41 Å². The van der Waals surface area contributed by atoms with E-state index in [9.17, 15) is 4.79 Å². The van der Waals surface area contributed by atoms with Crippen LogP contribution in [0.15, 0.2) is 109 Å². The third-order valence-corrected chi connectivity index (χ3v) is 7.64. The molecule has 4 heteroatoms. The Morgan fingerprint density at radius 3 is 2.32 bits per heavy atom. The lowest BCUT2D eigenvalue weighted by atomic mass is 9.71. The number of fused-ring (bicyclic) bond motifs is 4. The van der Waals surface area contributed by atoms with E-state index in [1.807, 2.05) is 48.5 Å². The summed E-state index contributed by atoms with van der Waals surface area (Å²) in [6, 6.07) is 36.3. The van der Waals surface area contributed by atoms with Crippen molar-refractivity contribution in [2.75, 3.05) is 0 Å². The number of esters is 1. The second-order valence-corrected chi connectivity index (χ2v) is 10.1. The molecule has 1 aliphatic rings. The Kier molecular flexibility index (Phi) is 6.23. The van der Waals surface area contributed by atoms with Crippen molar-refractivity contribution in [1.29, 1.82) is 0 Å². The van der Waals surface area contributed by atoms with Crippen LogP contribution in [-0.4, -0.2) is 11.0 Å². The Morgan fingerprint density at radius 2 is 1.51 bits per heavy atom. The average Bonchev–Trinajstić information content (AvgIpc) is 3.19. The molecule has 1 unspecified atom stereocenters. The van der Waals surface area contributed by atoms with Gasteiger partial charge in [0.1, 0.15) is 5.75 Å². The van der Waals surface area contributed by atoms with Crippen molar-refractivity contribution >= 4 is 28.5 Å². The van der Waals surface area contributed by atoms with E-state index in [-0.39, 0.29) is 12.4 Å². The van der Waals surface area contributed by atoms with Gasteiger partial charge in [-0.1, -0.05) is 84.4 Å². The van der Waals surface area contributed by atoms with Crippen LogP contribution in [0.25, 0.3) is 22.2 Å². The number of hydrogen-bond donors (Lipinski definition) is 0. The van der Waals surface area contributed by atoms with Crippen LogP contribution in [0, 0.1) is 0 Å². The number of carbonyl (C=O) groups is 1. The van der Waals surface area contributed by atoms with Gasteiger partial charge in [-0.25, -0.2) is 4.98 Å². The van der Waals surface area contributed by atoms with Gasteiger partial charge < -0.3 is 4.74 Å². The summed E-state index contributed by atoms with van der Waals surface area (Å²) < 4.78 is 5.67. The number of pyridine rings is 1. The summed E-state index contributed by atoms with van der Waals surface area (Å²) in [5, 5.41) is 1.78. The van der Waals surface area contributed by atoms with Gasteiger partial charge in [0.25, 0.3) is 0 Å². The zero-order valence-corrected chi connectivity index (χ0v) is 21.1. The first kappa shape index (κ1) is 23.4. The lowest BCUT2D eigenvalue weighted by Crippen LogP contribution is -2.28. The Labute approximate surface area is 221 Å². The summed E-state index contributed by atoms with van der Waals surface area (Å²) in [5.74, 6) is 0.324. The van der Waals surface area contributed by atoms with Crippen molar-refractivity contribution in [1.82, 2.24) is 4.98 Å². The van der Waals surface area contributed by atoms with Crippen molar-refractivity contribution in [3.05, 3.63) is 131 Å². The van der Waals surface area contributed by atoms with E-state index in [0.717, 1.165) is 46.1 Å². The van der Waals surface area contributed by atoms with Crippen LogP contribution in [-0.2, 0) is 16.6 Å². The largest absolute Gasteiger partial charge is 0.427 e. The molecule has 5 aromatic rings. The minimum atomic E-state index is -0.419. The van der Waals surface area contributed by atoms with Crippen molar-refractivity contribution in [3.63, 3.8) is 0 Å². The predicted molar refractivity (Wildman–Crippen MR) is 149 cm³/mol. The average molecular weight is 504 g/mol. The topological polar surface area (TPSA) is 39.2 Å². The zero-order chi connectivity index (χ0) is 25.2. The maximum Gasteiger partial charge on any atom is 0.311 e. The first-order valence-electron chi connectivity index (χ1n) is 12.6. The fourth-order valence-electron chi connectivity index (χ4n) is 5.60. The van der Waals surface area contributed by atoms with Crippen molar-refractivity contribution in [2.45, 2.75) is 31.1 Å². The molecule has 4 aromatic carbocycles. The minimum absolute atomic E-state index is 0.240. The van der Waals surface area contributed by atoms with Crippen LogP contribution in [0.1, 0.15) is 36.0 Å². The van der Waals surface area contributed by atoms with Crippen molar-refractivity contribution < 1.29 is 9.53 Å². The second-order valence-electron chi connectivity index (χ2n) is 9.62. The number of aryl methyl sites for hydroxylation is 1. The molecule has 0 aliphatic heterocycles. The first-order chi connectivity index (χ1) is 18.1. The van der Waals surface area contributed by atoms with Gasteiger partial charge in [0, 0.05) is 27.8 Å². The zero-order valence-electron chi connectivity index (χ0n) is 20.4. The predicted octanol–water partition coefficient (Wildman–Crippen LogP) is 8.17. The summed E-state index contributed by atoms with van der Waals surface area (Å²) in [7, 11) is 0. The van der Waals surface area contributed by atoms with Gasteiger partial charge in [0.05, 0.1) is 11.2 Å². The van der Waals surface area contributed by atoms with Crippen molar-refractivity contribution in [3.8, 4) is 17.0 Å². The van der Waals surface area contributed by atoms with Gasteiger partial charge in [-0.3, -0.25) is 4.79 Å². The highest BCUT2D eigenvalue weighted by Gasteiger charge is 2.44. The fourth-order valence-corrected chi connectivity index (χ4v) is 5.77. The van der Waals surface area contributed by atoms with Gasteiger partial charge in [-0.2, -0.15) is 0 Å². The van der Waals surface area contributed by atoms with Crippen LogP contribution < -0.4 is 4.74 Å². The highest BCUT2D eigenvalue weighted by atomic mass is 35.5. The Balaban J connectivity index is 1.44. The molecule has 3 nitrogen and oxygen atoms in total. The third kappa shape index (κ3) is 4.52. The highest BCUT2D eigenvalue weighted by Crippen LogP contribution is 2.54. The molecule has 37 heavy (non-hydrogen) atoms. The number of rotatable bonds is 7. The monoisotopic (exact) mass is 503 g/mol. The Hall–Kier alpha value is -3.95. The minimum Gasteiger partial charge on any atom is -0.427 e. The molecule has 0 amide bonds. The van der Waals surface area contributed by atoms with Crippen LogP contribution in [0.4, 0.5) is 0 Å². The van der Waals surface area contributed by atoms with E-state index >= 15 is 0 Å². The van der Waals surface area contributed by atoms with E-state index in [2.05, 4.69) is 48.5 Å². The van der Waals surface area contributed by atoms with Crippen LogP contribution in [0.5, 0.6) is 5.75 Å². The van der Waals surface area contributed by atoms with Crippen LogP contribution in [0.3, 0.4) is 0 Å². The number of aromatic nitrogens is 1. The van der Waals surface area contributed by atoms with Crippen molar-refractivity contribution in [2.24, 2.45) is 0 Å². The number of ether oxygens (including phenoxy) is 1. The summed E-state index contributed by atoms with van der Waals surface area (Å²) in [5.41, 5.74) is 6.18. The van der Waals surface area contributed by atoms with E-state index in [1.54, 1.807) is 12.1 Å². The maximum atomic E-state index is 13.0. The molecular weight excluding hydrogens is 478 g/mol. The molecule has 1 heterocycles. The number of halogens is 1. The lowest BCUT2D eigenvalue weighted by molar-refractivity contribution is -0.134. The van der Waals surface area contributed by atoms with E-state index in [1.165, 1.54) is 5.56 Å². The fraction of sp³-hybridized carbons (Fsp3) is 0.152. The molecular formula is C33H26ClNO2. The molecule has 0 spiro atoms. The number of nitrogens with zero attached hydrogens (tertiary/aromatic N) is 1. The molecule has 182 valence electrons. The van der Waals surface area contributed by atoms with Crippen LogP contribution in [0.2, 0.25) is 5.02 Å². The molecule has 0 fully saturated rings. The summed E-state index contributed by atoms with van der Waals surface area (Å²) in [4.78, 5) is 18.1. The molecule has 0 saturated carbocycles. The standard InChI is InChI=1S/C33H26ClNO2/c34-25-15-16-27-28(22-25)33(19-17-23-9-3-1-4-10-23,20-18-31(36)37-26-12-5-2-6-13-26)29-21-24-11-7-8-14-30(24)35-32(27)29/h1-16,21-22H,17-20H2. The number of carbonyl (C=O) groups excluding carboxylic acids is 1. The van der Waals surface area contributed by atoms with Gasteiger partial charge in [0.2, 0.25) is 0 Å². The van der Waals surface area contributed by atoms with Crippen LogP contribution >= 0.6 is 11.6 Å². The smallest absolute Gasteiger partial charge is 0.311 e. The van der Waals surface area contributed by atoms with E-state index in [4.69, 9.17) is 21.3 Å². The summed E-state index contributed by atoms with van der Waals surface area (Å²) in [6.45, 7) is 0. The Bertz CT molecular complexity index is 1580. The summed E-state index contributed by atoms with van der Waals surface area (Å²) >= 11 is 6.57. The van der Waals surface area contributed by atoms with E-state index in [0.29, 0.717) is 17.2 Å². The molecule has 0 N–H and O–H groups in total. The number of benzene rings is 4. The summed E-state index contributed by atoms with van der Waals surface area (Å²) in [6.07, 6.45) is 2.58. The molecule has 1 atom stereocenters. The second kappa shape index (κ2) is 9.84. The molecule has 1 aromatic heterocycles. The quantitative estimate of drug-likeness (QED) is 0.166.